The number of unbranched alkanes of at least 4 members (excludes halogenated alkanes) is 1. The number of oxime groups is 1. The van der Waals surface area contributed by atoms with Gasteiger partial charge in [-0.15, -0.1) is 0 Å². The first-order valence-corrected chi connectivity index (χ1v) is 11.0. The van der Waals surface area contributed by atoms with Crippen LogP contribution in [0.25, 0.3) is 0 Å². The van der Waals surface area contributed by atoms with Gasteiger partial charge in [-0.3, -0.25) is 9.69 Å². The molecule has 1 amide bonds. The van der Waals surface area contributed by atoms with E-state index in [0.717, 1.165) is 63.4 Å². The molecule has 7 nitrogen and oxygen atoms in total. The first-order valence-electron chi connectivity index (χ1n) is 11.0. The minimum atomic E-state index is -0.199. The molecular weight excluding hydrogens is 397 g/mol. The van der Waals surface area contributed by atoms with E-state index in [9.17, 15) is 14.4 Å². The van der Waals surface area contributed by atoms with E-state index in [0.29, 0.717) is 24.4 Å². The average molecular weight is 428 g/mol. The minimum absolute atomic E-state index is 0.0180. The molecule has 2 aromatic rings. The Labute approximate surface area is 182 Å². The molecule has 1 fully saturated rings. The van der Waals surface area contributed by atoms with Crippen LogP contribution in [-0.4, -0.2) is 77.5 Å². The van der Waals surface area contributed by atoms with Crippen molar-refractivity contribution in [3.05, 3.63) is 53.6 Å². The molecule has 2 aliphatic heterocycles. The van der Waals surface area contributed by atoms with E-state index in [1.54, 1.807) is 11.9 Å². The summed E-state index contributed by atoms with van der Waals surface area (Å²) in [5.41, 5.74) is 3.02. The molecule has 1 aromatic carbocycles. The van der Waals surface area contributed by atoms with Gasteiger partial charge in [0.2, 0.25) is 0 Å². The van der Waals surface area contributed by atoms with Crippen LogP contribution < -0.4 is 4.90 Å². The topological polar surface area (TPSA) is 64.3 Å². The van der Waals surface area contributed by atoms with Crippen molar-refractivity contribution in [3.8, 4) is 0 Å². The zero-order chi connectivity index (χ0) is 21.8. The van der Waals surface area contributed by atoms with Gasteiger partial charge in [-0.1, -0.05) is 5.16 Å². The summed E-state index contributed by atoms with van der Waals surface area (Å²) in [5, 5.41) is 12.7. The van der Waals surface area contributed by atoms with Gasteiger partial charge in [0, 0.05) is 70.2 Å². The monoisotopic (exact) mass is 427 g/mol. The molecule has 3 heterocycles. The van der Waals surface area contributed by atoms with Crippen molar-refractivity contribution >= 4 is 17.3 Å². The molecule has 0 bridgehead atoms. The zero-order valence-electron chi connectivity index (χ0n) is 18.0. The van der Waals surface area contributed by atoms with Crippen LogP contribution in [0.3, 0.4) is 0 Å². The highest BCUT2D eigenvalue weighted by molar-refractivity contribution is 6.11. The maximum Gasteiger partial charge on any atom is 0.270 e. The minimum Gasteiger partial charge on any atom is -0.411 e. The summed E-state index contributed by atoms with van der Waals surface area (Å²) in [7, 11) is 1.79. The van der Waals surface area contributed by atoms with E-state index < -0.39 is 0 Å². The summed E-state index contributed by atoms with van der Waals surface area (Å²) in [4.78, 5) is 19.2. The second kappa shape index (κ2) is 9.51. The van der Waals surface area contributed by atoms with Crippen molar-refractivity contribution in [1.82, 2.24) is 14.4 Å². The molecule has 0 aliphatic carbocycles. The Balaban J connectivity index is 1.26. The van der Waals surface area contributed by atoms with Crippen LogP contribution in [0.15, 0.2) is 41.7 Å². The molecular formula is C23H30FN5O2. The van der Waals surface area contributed by atoms with Crippen LogP contribution >= 0.6 is 0 Å². The smallest absolute Gasteiger partial charge is 0.270 e. The fraction of sp³-hybridized carbons (Fsp3) is 0.478. The molecule has 0 atom stereocenters. The van der Waals surface area contributed by atoms with Gasteiger partial charge in [0.1, 0.15) is 11.5 Å². The lowest BCUT2D eigenvalue weighted by Crippen LogP contribution is -2.46. The summed E-state index contributed by atoms with van der Waals surface area (Å²) >= 11 is 0. The Morgan fingerprint density at radius 2 is 1.71 bits per heavy atom. The Morgan fingerprint density at radius 3 is 2.42 bits per heavy atom. The van der Waals surface area contributed by atoms with Crippen LogP contribution in [0, 0.1) is 5.82 Å². The second-order valence-electron chi connectivity index (χ2n) is 8.31. The molecule has 0 spiro atoms. The molecule has 1 saturated heterocycles. The second-order valence-corrected chi connectivity index (χ2v) is 8.31. The van der Waals surface area contributed by atoms with Gasteiger partial charge >= 0.3 is 0 Å². The van der Waals surface area contributed by atoms with E-state index in [4.69, 9.17) is 0 Å². The van der Waals surface area contributed by atoms with Crippen molar-refractivity contribution in [3.63, 3.8) is 0 Å². The molecule has 166 valence electrons. The summed E-state index contributed by atoms with van der Waals surface area (Å²) in [6, 6.07) is 8.60. The highest BCUT2D eigenvalue weighted by Gasteiger charge is 2.27. The third kappa shape index (κ3) is 4.74. The number of carbonyl (C=O) groups excluding carboxylic acids is 1. The number of halogens is 1. The van der Waals surface area contributed by atoms with Crippen LogP contribution in [-0.2, 0) is 6.54 Å². The van der Waals surface area contributed by atoms with E-state index in [1.807, 2.05) is 29.0 Å². The predicted molar refractivity (Wildman–Crippen MR) is 119 cm³/mol. The fourth-order valence-corrected chi connectivity index (χ4v) is 4.42. The lowest BCUT2D eigenvalue weighted by molar-refractivity contribution is 0.0791. The molecule has 2 aliphatic rings. The van der Waals surface area contributed by atoms with Gasteiger partial charge in [-0.05, 0) is 49.7 Å². The van der Waals surface area contributed by atoms with Crippen LogP contribution in [0.2, 0.25) is 0 Å². The molecule has 4 rings (SSSR count). The van der Waals surface area contributed by atoms with Gasteiger partial charge in [0.05, 0.1) is 5.71 Å². The molecule has 31 heavy (non-hydrogen) atoms. The summed E-state index contributed by atoms with van der Waals surface area (Å²) in [5.74, 6) is -0.217. The van der Waals surface area contributed by atoms with E-state index >= 15 is 0 Å². The van der Waals surface area contributed by atoms with Gasteiger partial charge in [-0.25, -0.2) is 4.39 Å². The van der Waals surface area contributed by atoms with E-state index in [1.165, 1.54) is 12.1 Å². The number of carbonyl (C=O) groups is 1. The number of nitrogens with zero attached hydrogens (tertiary/aromatic N) is 5. The lowest BCUT2D eigenvalue weighted by atomic mass is 10.1. The number of hydrogen-bond acceptors (Lipinski definition) is 5. The van der Waals surface area contributed by atoms with Gasteiger partial charge in [0.15, 0.2) is 0 Å². The Morgan fingerprint density at radius 1 is 1.00 bits per heavy atom. The zero-order valence-corrected chi connectivity index (χ0v) is 18.0. The average Bonchev–Trinajstić information content (AvgIpc) is 3.16. The lowest BCUT2D eigenvalue weighted by Gasteiger charge is -2.36. The highest BCUT2D eigenvalue weighted by atomic mass is 19.1. The number of amides is 1. The molecule has 0 unspecified atom stereocenters. The Kier molecular flexibility index (Phi) is 6.56. The third-order valence-corrected chi connectivity index (χ3v) is 6.32. The number of hydrogen-bond donors (Lipinski definition) is 1. The Bertz CT molecular complexity index is 932. The van der Waals surface area contributed by atoms with Crippen LogP contribution in [0.1, 0.15) is 35.3 Å². The number of anilines is 1. The maximum absolute atomic E-state index is 13.1. The highest BCUT2D eigenvalue weighted by Crippen LogP contribution is 2.21. The molecule has 0 saturated carbocycles. The first kappa shape index (κ1) is 21.4. The first-order chi connectivity index (χ1) is 15.1. The SMILES string of the molecule is CN1CC/C(=N\O)c2ccn(CCCCN3CCN(c4ccc(F)cc4)CC3)c2C1=O. The van der Waals surface area contributed by atoms with Crippen molar-refractivity contribution in [2.24, 2.45) is 5.16 Å². The van der Waals surface area contributed by atoms with E-state index in [-0.39, 0.29) is 11.7 Å². The van der Waals surface area contributed by atoms with Crippen molar-refractivity contribution in [2.75, 3.05) is 51.2 Å². The molecule has 8 heteroatoms. The van der Waals surface area contributed by atoms with Crippen molar-refractivity contribution in [1.29, 1.82) is 0 Å². The number of aryl methyl sites for hydroxylation is 1. The quantitative estimate of drug-likeness (QED) is 0.437. The number of aromatic nitrogens is 1. The molecule has 1 N–H and O–H groups in total. The summed E-state index contributed by atoms with van der Waals surface area (Å²) < 4.78 is 15.1. The summed E-state index contributed by atoms with van der Waals surface area (Å²) in [6.07, 6.45) is 4.50. The number of piperazine rings is 1. The van der Waals surface area contributed by atoms with E-state index in [2.05, 4.69) is 15.0 Å². The summed E-state index contributed by atoms with van der Waals surface area (Å²) in [6.45, 7) is 6.23. The normalized spacial score (nSPS) is 19.0. The van der Waals surface area contributed by atoms with Crippen molar-refractivity contribution in [2.45, 2.75) is 25.8 Å². The maximum atomic E-state index is 13.1. The Hall–Kier alpha value is -2.87. The largest absolute Gasteiger partial charge is 0.411 e. The van der Waals surface area contributed by atoms with Crippen LogP contribution in [0.5, 0.6) is 0 Å². The number of benzene rings is 1. The van der Waals surface area contributed by atoms with Gasteiger partial charge in [-0.2, -0.15) is 0 Å². The predicted octanol–water partition coefficient (Wildman–Crippen LogP) is 2.88. The number of rotatable bonds is 6. The number of fused-ring (bicyclic) bond motifs is 1. The van der Waals surface area contributed by atoms with Gasteiger partial charge < -0.3 is 19.6 Å². The molecule has 1 aromatic heterocycles. The van der Waals surface area contributed by atoms with Gasteiger partial charge in [0.25, 0.3) is 5.91 Å². The fourth-order valence-electron chi connectivity index (χ4n) is 4.42. The third-order valence-electron chi connectivity index (χ3n) is 6.32. The van der Waals surface area contributed by atoms with Crippen molar-refractivity contribution < 1.29 is 14.4 Å². The molecule has 0 radical (unpaired) electrons. The van der Waals surface area contributed by atoms with Crippen LogP contribution in [0.4, 0.5) is 10.1 Å². The standard InChI is InChI=1S/C23H30FN5O2/c1-26-12-9-21(25-31)20-8-13-29(22(20)23(26)30)11-3-2-10-27-14-16-28(17-15-27)19-6-4-18(24)5-7-19/h4-8,13,31H,2-3,9-12,14-17H2,1H3/b25-21+.